The maximum atomic E-state index is 4.38. The first-order valence-corrected chi connectivity index (χ1v) is 5.63. The van der Waals surface area contributed by atoms with Crippen molar-refractivity contribution in [1.82, 2.24) is 10.3 Å². The summed E-state index contributed by atoms with van der Waals surface area (Å²) in [7, 11) is 2.11. The fourth-order valence-electron chi connectivity index (χ4n) is 2.07. The van der Waals surface area contributed by atoms with Crippen LogP contribution in [0.1, 0.15) is 18.4 Å². The van der Waals surface area contributed by atoms with E-state index in [1.54, 1.807) is 0 Å². The van der Waals surface area contributed by atoms with Gasteiger partial charge in [-0.2, -0.15) is 0 Å². The van der Waals surface area contributed by atoms with Crippen molar-refractivity contribution >= 4 is 18.2 Å². The van der Waals surface area contributed by atoms with E-state index in [0.717, 1.165) is 12.4 Å². The molecule has 0 aliphatic carbocycles. The third kappa shape index (κ3) is 3.35. The molecule has 1 aromatic rings. The number of pyridine rings is 1. The summed E-state index contributed by atoms with van der Waals surface area (Å²) in [5.74, 6) is 1.07. The number of rotatable bonds is 3. The van der Waals surface area contributed by atoms with Crippen LogP contribution in [0.4, 0.5) is 5.82 Å². The number of nitrogens with one attached hydrogen (secondary N) is 1. The molecule has 1 N–H and O–H groups in total. The number of aryl methyl sites for hydroxylation is 1. The number of hydrogen-bond acceptors (Lipinski definition) is 3. The first-order chi connectivity index (χ1) is 7.25. The van der Waals surface area contributed by atoms with Crippen LogP contribution in [0.15, 0.2) is 18.3 Å². The summed E-state index contributed by atoms with van der Waals surface area (Å²) >= 11 is 0. The molecule has 1 aliphatic rings. The fraction of sp³-hybridized carbons (Fsp3) is 0.583. The van der Waals surface area contributed by atoms with Gasteiger partial charge in [0.05, 0.1) is 0 Å². The van der Waals surface area contributed by atoms with Gasteiger partial charge in [0, 0.05) is 25.8 Å². The van der Waals surface area contributed by atoms with Gasteiger partial charge in [0.15, 0.2) is 0 Å². The van der Waals surface area contributed by atoms with E-state index in [0.29, 0.717) is 6.04 Å². The second-order valence-corrected chi connectivity index (χ2v) is 4.37. The Labute approximate surface area is 104 Å². The Kier molecular flexibility index (Phi) is 5.03. The molecule has 2 heterocycles. The number of nitrogens with zero attached hydrogens (tertiary/aromatic N) is 2. The normalized spacial score (nSPS) is 19.2. The van der Waals surface area contributed by atoms with E-state index >= 15 is 0 Å². The molecule has 0 saturated carbocycles. The van der Waals surface area contributed by atoms with Gasteiger partial charge < -0.3 is 10.2 Å². The molecule has 0 spiro atoms. The van der Waals surface area contributed by atoms with Crippen molar-refractivity contribution in [1.29, 1.82) is 0 Å². The van der Waals surface area contributed by atoms with Crippen molar-refractivity contribution in [2.24, 2.45) is 0 Å². The Morgan fingerprint density at radius 3 is 3.00 bits per heavy atom. The molecule has 0 amide bonds. The molecule has 0 radical (unpaired) electrons. The van der Waals surface area contributed by atoms with Crippen LogP contribution in [0, 0.1) is 6.92 Å². The lowest BCUT2D eigenvalue weighted by Gasteiger charge is -2.22. The van der Waals surface area contributed by atoms with E-state index in [2.05, 4.69) is 35.2 Å². The van der Waals surface area contributed by atoms with Crippen LogP contribution in [0.2, 0.25) is 0 Å². The first-order valence-electron chi connectivity index (χ1n) is 5.63. The third-order valence-corrected chi connectivity index (χ3v) is 2.95. The smallest absolute Gasteiger partial charge is 0.128 e. The SMILES string of the molecule is Cc1ccnc(N(C)CC2CCCN2)c1.Cl. The van der Waals surface area contributed by atoms with E-state index in [4.69, 9.17) is 0 Å². The number of halogens is 1. The fourth-order valence-corrected chi connectivity index (χ4v) is 2.07. The van der Waals surface area contributed by atoms with E-state index in [1.807, 2.05) is 12.3 Å². The van der Waals surface area contributed by atoms with Crippen LogP contribution in [-0.2, 0) is 0 Å². The Bertz CT molecular complexity index is 324. The summed E-state index contributed by atoms with van der Waals surface area (Å²) in [5.41, 5.74) is 1.27. The Morgan fingerprint density at radius 2 is 2.38 bits per heavy atom. The third-order valence-electron chi connectivity index (χ3n) is 2.95. The molecule has 1 atom stereocenters. The van der Waals surface area contributed by atoms with Crippen molar-refractivity contribution in [3.8, 4) is 0 Å². The van der Waals surface area contributed by atoms with Gasteiger partial charge in [0.25, 0.3) is 0 Å². The Balaban J connectivity index is 0.00000128. The van der Waals surface area contributed by atoms with Gasteiger partial charge in [0.1, 0.15) is 5.82 Å². The highest BCUT2D eigenvalue weighted by Crippen LogP contribution is 2.13. The molecule has 1 unspecified atom stereocenters. The predicted octanol–water partition coefficient (Wildman–Crippen LogP) is 2.00. The van der Waals surface area contributed by atoms with Crippen molar-refractivity contribution in [3.63, 3.8) is 0 Å². The molecule has 16 heavy (non-hydrogen) atoms. The Hall–Kier alpha value is -0.800. The second kappa shape index (κ2) is 6.06. The molecule has 2 rings (SSSR count). The van der Waals surface area contributed by atoms with Crippen molar-refractivity contribution in [2.45, 2.75) is 25.8 Å². The quantitative estimate of drug-likeness (QED) is 0.878. The lowest BCUT2D eigenvalue weighted by atomic mass is 10.2. The lowest BCUT2D eigenvalue weighted by molar-refractivity contribution is 0.597. The van der Waals surface area contributed by atoms with Crippen LogP contribution in [0.25, 0.3) is 0 Å². The topological polar surface area (TPSA) is 28.2 Å². The summed E-state index contributed by atoms with van der Waals surface area (Å²) in [6.45, 7) is 4.32. The molecule has 1 aromatic heterocycles. The maximum absolute atomic E-state index is 4.38. The Morgan fingerprint density at radius 1 is 1.56 bits per heavy atom. The van der Waals surface area contributed by atoms with Crippen LogP contribution in [0.3, 0.4) is 0 Å². The van der Waals surface area contributed by atoms with Crippen LogP contribution >= 0.6 is 12.4 Å². The summed E-state index contributed by atoms with van der Waals surface area (Å²) in [6.07, 6.45) is 4.47. The molecule has 4 heteroatoms. The van der Waals surface area contributed by atoms with E-state index < -0.39 is 0 Å². The first kappa shape index (κ1) is 13.3. The lowest BCUT2D eigenvalue weighted by Crippen LogP contribution is -2.35. The highest BCUT2D eigenvalue weighted by Gasteiger charge is 2.16. The van der Waals surface area contributed by atoms with E-state index in [1.165, 1.54) is 24.9 Å². The highest BCUT2D eigenvalue weighted by atomic mass is 35.5. The minimum Gasteiger partial charge on any atom is -0.358 e. The summed E-state index contributed by atoms with van der Waals surface area (Å²) in [6, 6.07) is 4.80. The van der Waals surface area contributed by atoms with E-state index in [9.17, 15) is 0 Å². The average Bonchev–Trinajstić information content (AvgIpc) is 2.70. The number of likely N-dealkylation sites (N-methyl/N-ethyl adjacent to an activating group) is 1. The largest absolute Gasteiger partial charge is 0.358 e. The number of hydrogen-bond donors (Lipinski definition) is 1. The van der Waals surface area contributed by atoms with E-state index in [-0.39, 0.29) is 12.4 Å². The summed E-state index contributed by atoms with van der Waals surface area (Å²) < 4.78 is 0. The zero-order valence-corrected chi connectivity index (χ0v) is 10.8. The minimum atomic E-state index is 0. The van der Waals surface area contributed by atoms with Crippen LogP contribution in [-0.4, -0.2) is 31.2 Å². The monoisotopic (exact) mass is 241 g/mol. The average molecular weight is 242 g/mol. The number of aromatic nitrogens is 1. The zero-order chi connectivity index (χ0) is 10.7. The molecular formula is C12H20ClN3. The second-order valence-electron chi connectivity index (χ2n) is 4.37. The molecule has 1 aliphatic heterocycles. The van der Waals surface area contributed by atoms with Gasteiger partial charge in [-0.05, 0) is 44.0 Å². The van der Waals surface area contributed by atoms with Crippen molar-refractivity contribution < 1.29 is 0 Å². The highest BCUT2D eigenvalue weighted by molar-refractivity contribution is 5.85. The van der Waals surface area contributed by atoms with Gasteiger partial charge in [-0.3, -0.25) is 0 Å². The minimum absolute atomic E-state index is 0. The van der Waals surface area contributed by atoms with Gasteiger partial charge in [0.2, 0.25) is 0 Å². The number of anilines is 1. The molecule has 90 valence electrons. The predicted molar refractivity (Wildman–Crippen MR) is 70.5 cm³/mol. The van der Waals surface area contributed by atoms with Gasteiger partial charge in [-0.15, -0.1) is 12.4 Å². The van der Waals surface area contributed by atoms with Crippen molar-refractivity contribution in [3.05, 3.63) is 23.9 Å². The van der Waals surface area contributed by atoms with Crippen LogP contribution in [0.5, 0.6) is 0 Å². The standard InChI is InChI=1S/C12H19N3.ClH/c1-10-5-7-14-12(8-10)15(2)9-11-4-3-6-13-11;/h5,7-8,11,13H,3-4,6,9H2,1-2H3;1H. The van der Waals surface area contributed by atoms with Crippen LogP contribution < -0.4 is 10.2 Å². The zero-order valence-electron chi connectivity index (χ0n) is 9.94. The molecule has 0 bridgehead atoms. The van der Waals surface area contributed by atoms with Gasteiger partial charge in [-0.1, -0.05) is 0 Å². The maximum Gasteiger partial charge on any atom is 0.128 e. The van der Waals surface area contributed by atoms with Gasteiger partial charge >= 0.3 is 0 Å². The molecule has 1 saturated heterocycles. The molecule has 1 fully saturated rings. The van der Waals surface area contributed by atoms with Gasteiger partial charge in [-0.25, -0.2) is 4.98 Å². The molecule has 0 aromatic carbocycles. The molecule has 3 nitrogen and oxygen atoms in total. The molecular weight excluding hydrogens is 222 g/mol. The summed E-state index contributed by atoms with van der Waals surface area (Å²) in [5, 5.41) is 3.50. The van der Waals surface area contributed by atoms with Crippen molar-refractivity contribution in [2.75, 3.05) is 25.0 Å². The summed E-state index contributed by atoms with van der Waals surface area (Å²) in [4.78, 5) is 6.61.